The van der Waals surface area contributed by atoms with Crippen molar-refractivity contribution in [3.05, 3.63) is 36.6 Å². The normalized spacial score (nSPS) is 26.8. The van der Waals surface area contributed by atoms with Crippen LogP contribution in [0.2, 0.25) is 0 Å². The van der Waals surface area contributed by atoms with Gasteiger partial charge in [-0.25, -0.2) is 4.98 Å². The Labute approximate surface area is 128 Å². The largest absolute Gasteiger partial charge is 0.432 e. The zero-order chi connectivity index (χ0) is 14.9. The molecule has 0 aromatic carbocycles. The average molecular weight is 298 g/mol. The van der Waals surface area contributed by atoms with Crippen molar-refractivity contribution >= 4 is 5.91 Å². The average Bonchev–Trinajstić information content (AvgIpc) is 3.07. The Balaban J connectivity index is 1.46. The minimum atomic E-state index is -0.228. The van der Waals surface area contributed by atoms with Gasteiger partial charge in [-0.3, -0.25) is 9.78 Å². The Morgan fingerprint density at radius 3 is 2.86 bits per heavy atom. The van der Waals surface area contributed by atoms with Gasteiger partial charge in [-0.05, 0) is 44.0 Å². The van der Waals surface area contributed by atoms with Crippen molar-refractivity contribution in [1.29, 1.82) is 0 Å². The molecule has 6 heteroatoms. The number of nitrogens with one attached hydrogen (secondary N) is 1. The molecule has 1 N–H and O–H groups in total. The van der Waals surface area contributed by atoms with Gasteiger partial charge in [0.25, 0.3) is 5.89 Å². The molecule has 2 aromatic rings. The first-order valence-electron chi connectivity index (χ1n) is 7.69. The van der Waals surface area contributed by atoms with Crippen LogP contribution in [0.4, 0.5) is 0 Å². The van der Waals surface area contributed by atoms with E-state index < -0.39 is 0 Å². The second kappa shape index (κ2) is 5.53. The number of carbonyl (C=O) groups is 1. The molecule has 0 spiro atoms. The molecule has 1 atom stereocenters. The SMILES string of the molecule is O=C(N[C@H]1CN2CCC1CC2)c1ncc(-c2cccnc2)o1. The fourth-order valence-corrected chi connectivity index (χ4v) is 3.38. The number of carbonyl (C=O) groups excluding carboxylic acids is 1. The van der Waals surface area contributed by atoms with Crippen LogP contribution in [0.3, 0.4) is 0 Å². The summed E-state index contributed by atoms with van der Waals surface area (Å²) in [4.78, 5) is 22.9. The van der Waals surface area contributed by atoms with E-state index in [1.165, 1.54) is 0 Å². The maximum atomic E-state index is 12.3. The molecular weight excluding hydrogens is 280 g/mol. The minimum Gasteiger partial charge on any atom is -0.432 e. The third-order valence-corrected chi connectivity index (χ3v) is 4.62. The highest BCUT2D eigenvalue weighted by atomic mass is 16.4. The number of aromatic nitrogens is 2. The predicted octanol–water partition coefficient (Wildman–Crippen LogP) is 1.56. The van der Waals surface area contributed by atoms with Crippen molar-refractivity contribution in [2.75, 3.05) is 19.6 Å². The van der Waals surface area contributed by atoms with Gasteiger partial charge in [0.2, 0.25) is 0 Å². The number of hydrogen-bond donors (Lipinski definition) is 1. The highest BCUT2D eigenvalue weighted by Gasteiger charge is 2.35. The van der Waals surface area contributed by atoms with E-state index in [2.05, 4.69) is 20.2 Å². The topological polar surface area (TPSA) is 71.3 Å². The molecular formula is C16H18N4O2. The molecule has 2 aromatic heterocycles. The van der Waals surface area contributed by atoms with Gasteiger partial charge in [-0.15, -0.1) is 0 Å². The Kier molecular flexibility index (Phi) is 3.38. The maximum absolute atomic E-state index is 12.3. The highest BCUT2D eigenvalue weighted by molar-refractivity contribution is 5.90. The molecule has 22 heavy (non-hydrogen) atoms. The monoisotopic (exact) mass is 298 g/mol. The lowest BCUT2D eigenvalue weighted by molar-refractivity contribution is 0.0602. The number of amides is 1. The predicted molar refractivity (Wildman–Crippen MR) is 80.2 cm³/mol. The van der Waals surface area contributed by atoms with Crippen LogP contribution in [0.15, 0.2) is 35.1 Å². The van der Waals surface area contributed by atoms with Crippen molar-refractivity contribution < 1.29 is 9.21 Å². The van der Waals surface area contributed by atoms with E-state index in [4.69, 9.17) is 4.42 Å². The highest BCUT2D eigenvalue weighted by Crippen LogP contribution is 2.27. The van der Waals surface area contributed by atoms with Gasteiger partial charge in [0.15, 0.2) is 5.76 Å². The van der Waals surface area contributed by atoms with Crippen molar-refractivity contribution in [2.45, 2.75) is 18.9 Å². The van der Waals surface area contributed by atoms with Crippen LogP contribution in [-0.4, -0.2) is 46.5 Å². The quantitative estimate of drug-likeness (QED) is 0.931. The van der Waals surface area contributed by atoms with Crippen LogP contribution in [0.1, 0.15) is 23.5 Å². The number of fused-ring (bicyclic) bond motifs is 3. The van der Waals surface area contributed by atoms with Gasteiger partial charge in [0, 0.05) is 30.5 Å². The molecule has 0 saturated carbocycles. The van der Waals surface area contributed by atoms with E-state index in [0.717, 1.165) is 38.0 Å². The lowest BCUT2D eigenvalue weighted by Gasteiger charge is -2.44. The fraction of sp³-hybridized carbons (Fsp3) is 0.438. The summed E-state index contributed by atoms with van der Waals surface area (Å²) in [6.07, 6.45) is 7.29. The van der Waals surface area contributed by atoms with E-state index in [1.807, 2.05) is 12.1 Å². The zero-order valence-electron chi connectivity index (χ0n) is 12.2. The number of pyridine rings is 1. The molecule has 3 saturated heterocycles. The fourth-order valence-electron chi connectivity index (χ4n) is 3.38. The van der Waals surface area contributed by atoms with Crippen LogP contribution in [0, 0.1) is 5.92 Å². The number of oxazole rings is 1. The van der Waals surface area contributed by atoms with Crippen molar-refractivity contribution in [2.24, 2.45) is 5.92 Å². The molecule has 3 aliphatic heterocycles. The number of piperidine rings is 3. The van der Waals surface area contributed by atoms with Crippen molar-refractivity contribution in [3.8, 4) is 11.3 Å². The first-order chi connectivity index (χ1) is 10.8. The molecule has 2 bridgehead atoms. The molecule has 114 valence electrons. The Hall–Kier alpha value is -2.21. The van der Waals surface area contributed by atoms with E-state index in [0.29, 0.717) is 11.7 Å². The standard InChI is InChI=1S/C16H18N4O2/c21-15(19-13-10-20-6-3-11(13)4-7-20)16-18-9-14(22-16)12-2-1-5-17-8-12/h1-2,5,8-9,11,13H,3-4,6-7,10H2,(H,19,21)/t13-/m0/s1. The molecule has 3 aliphatic rings. The Bertz CT molecular complexity index is 662. The second-order valence-corrected chi connectivity index (χ2v) is 5.99. The zero-order valence-corrected chi connectivity index (χ0v) is 12.2. The van der Waals surface area contributed by atoms with Crippen LogP contribution in [-0.2, 0) is 0 Å². The lowest BCUT2D eigenvalue weighted by atomic mass is 9.84. The van der Waals surface area contributed by atoms with E-state index in [1.54, 1.807) is 18.6 Å². The molecule has 5 heterocycles. The lowest BCUT2D eigenvalue weighted by Crippen LogP contribution is -2.57. The summed E-state index contributed by atoms with van der Waals surface area (Å²) >= 11 is 0. The van der Waals surface area contributed by atoms with Crippen molar-refractivity contribution in [3.63, 3.8) is 0 Å². The summed E-state index contributed by atoms with van der Waals surface area (Å²) in [6.45, 7) is 3.25. The molecule has 5 rings (SSSR count). The molecule has 0 aliphatic carbocycles. The summed E-state index contributed by atoms with van der Waals surface area (Å²) in [6, 6.07) is 3.91. The van der Waals surface area contributed by atoms with Gasteiger partial charge in [0.1, 0.15) is 0 Å². The summed E-state index contributed by atoms with van der Waals surface area (Å²) in [5, 5.41) is 3.08. The van der Waals surface area contributed by atoms with Crippen LogP contribution in [0.25, 0.3) is 11.3 Å². The minimum absolute atomic E-state index is 0.121. The molecule has 1 amide bonds. The van der Waals surface area contributed by atoms with Gasteiger partial charge < -0.3 is 14.6 Å². The van der Waals surface area contributed by atoms with E-state index in [-0.39, 0.29) is 17.8 Å². The molecule has 0 radical (unpaired) electrons. The first-order valence-corrected chi connectivity index (χ1v) is 7.69. The first kappa shape index (κ1) is 13.5. The summed E-state index contributed by atoms with van der Waals surface area (Å²) in [7, 11) is 0. The maximum Gasteiger partial charge on any atom is 0.307 e. The van der Waals surface area contributed by atoms with Crippen LogP contribution in [0.5, 0.6) is 0 Å². The van der Waals surface area contributed by atoms with Crippen LogP contribution < -0.4 is 5.32 Å². The van der Waals surface area contributed by atoms with Gasteiger partial charge in [0.05, 0.1) is 6.20 Å². The summed E-state index contributed by atoms with van der Waals surface area (Å²) in [5.41, 5.74) is 0.817. The van der Waals surface area contributed by atoms with Crippen molar-refractivity contribution in [1.82, 2.24) is 20.2 Å². The Morgan fingerprint density at radius 2 is 2.18 bits per heavy atom. The molecule has 3 fully saturated rings. The summed E-state index contributed by atoms with van der Waals surface area (Å²) in [5.74, 6) is 1.04. The molecule has 0 unspecified atom stereocenters. The number of hydrogen-bond acceptors (Lipinski definition) is 5. The second-order valence-electron chi connectivity index (χ2n) is 5.99. The number of rotatable bonds is 3. The van der Waals surface area contributed by atoms with E-state index in [9.17, 15) is 4.79 Å². The third-order valence-electron chi connectivity index (χ3n) is 4.62. The van der Waals surface area contributed by atoms with E-state index >= 15 is 0 Å². The van der Waals surface area contributed by atoms with Gasteiger partial charge in [-0.1, -0.05) is 0 Å². The van der Waals surface area contributed by atoms with Gasteiger partial charge >= 0.3 is 5.91 Å². The third kappa shape index (κ3) is 2.50. The van der Waals surface area contributed by atoms with Crippen LogP contribution >= 0.6 is 0 Å². The Morgan fingerprint density at radius 1 is 1.32 bits per heavy atom. The number of nitrogens with zero attached hydrogens (tertiary/aromatic N) is 3. The smallest absolute Gasteiger partial charge is 0.307 e. The summed E-state index contributed by atoms with van der Waals surface area (Å²) < 4.78 is 5.58. The molecule has 6 nitrogen and oxygen atoms in total. The van der Waals surface area contributed by atoms with Gasteiger partial charge in [-0.2, -0.15) is 0 Å².